The molecular formula is C68H48N12Na4O24S8. The average molecular weight is 1770 g/mol. The number of rotatable bonds is 16. The van der Waals surface area contributed by atoms with Crippen molar-refractivity contribution in [3.05, 3.63) is 284 Å². The van der Waals surface area contributed by atoms with Gasteiger partial charge in [-0.15, -0.1) is 0 Å². The monoisotopic (exact) mass is 1760 g/mol. The zero-order valence-electron chi connectivity index (χ0n) is 59.9. The predicted octanol–water partition coefficient (Wildman–Crippen LogP) is -5.98. The molecule has 8 aliphatic rings. The molecule has 0 amide bonds. The molecule has 0 aromatic heterocycles. The molecule has 36 nitrogen and oxygen atoms in total. The molecule has 4 atom stereocenters. The van der Waals surface area contributed by atoms with Crippen LogP contribution in [0.3, 0.4) is 0 Å². The minimum Gasteiger partial charge on any atom is -0.744 e. The van der Waals surface area contributed by atoms with Crippen molar-refractivity contribution in [1.29, 1.82) is 0 Å². The maximum atomic E-state index is 12.3. The van der Waals surface area contributed by atoms with Crippen molar-refractivity contribution in [2.24, 2.45) is 63.8 Å². The third-order valence-corrected chi connectivity index (χ3v) is 22.4. The summed E-state index contributed by atoms with van der Waals surface area (Å²) < 4.78 is 238. The molecule has 0 bridgehead atoms. The fraction of sp³-hybridized carbons (Fsp3) is 0.0588. The molecule has 0 saturated heterocycles. The van der Waals surface area contributed by atoms with Gasteiger partial charge in [-0.3, -0.25) is 22.9 Å². The maximum Gasteiger partial charge on any atom is 1.00 e. The summed E-state index contributed by atoms with van der Waals surface area (Å²) in [6.07, 6.45) is 29.7. The number of benzene rings is 4. The molecule has 4 unspecified atom stereocenters. The molecule has 4 aromatic rings. The van der Waals surface area contributed by atoms with Crippen molar-refractivity contribution >= 4 is 148 Å². The summed E-state index contributed by atoms with van der Waals surface area (Å²) >= 11 is 0. The van der Waals surface area contributed by atoms with Crippen LogP contribution in [0, 0.1) is 0 Å². The van der Waals surface area contributed by atoms with Gasteiger partial charge in [0.15, 0.2) is 22.7 Å². The second-order valence-corrected chi connectivity index (χ2v) is 33.5. The van der Waals surface area contributed by atoms with Gasteiger partial charge in [0.25, 0.3) is 0 Å². The number of nitrogens with two attached hydrogens (primary N) is 4. The molecule has 12 N–H and O–H groups in total. The van der Waals surface area contributed by atoms with E-state index in [4.69, 9.17) is 22.9 Å². The van der Waals surface area contributed by atoms with Crippen molar-refractivity contribution in [3.8, 4) is 0 Å². The first-order chi connectivity index (χ1) is 52.3. The predicted molar refractivity (Wildman–Crippen MR) is 401 cm³/mol. The summed E-state index contributed by atoms with van der Waals surface area (Å²) in [5, 5.41) is 73.1. The topological polar surface area (TPSA) is 649 Å². The Morgan fingerprint density at radius 2 is 0.491 bits per heavy atom. The van der Waals surface area contributed by atoms with Gasteiger partial charge in [0.1, 0.15) is 63.5 Å². The quantitative estimate of drug-likeness (QED) is 0.0170. The van der Waals surface area contributed by atoms with Crippen LogP contribution in [0.2, 0.25) is 0 Å². The van der Waals surface area contributed by atoms with E-state index in [2.05, 4.69) is 40.9 Å². The van der Waals surface area contributed by atoms with E-state index < -0.39 is 147 Å². The van der Waals surface area contributed by atoms with Crippen LogP contribution < -0.4 is 141 Å². The van der Waals surface area contributed by atoms with Crippen molar-refractivity contribution in [2.75, 3.05) is 0 Å². The van der Waals surface area contributed by atoms with Gasteiger partial charge in [-0.2, -0.15) is 74.6 Å². The Morgan fingerprint density at radius 3 is 0.655 bits per heavy atom. The second kappa shape index (κ2) is 37.1. The molecule has 576 valence electrons. The molecule has 48 heteroatoms. The number of fused-ring (bicyclic) bond motifs is 4. The van der Waals surface area contributed by atoms with E-state index in [0.717, 1.165) is 72.9 Å². The summed E-state index contributed by atoms with van der Waals surface area (Å²) in [5.41, 5.74) is 18.9. The second-order valence-electron chi connectivity index (χ2n) is 24.4. The Labute approximate surface area is 753 Å². The van der Waals surface area contributed by atoms with Gasteiger partial charge < -0.3 is 38.6 Å². The summed E-state index contributed by atoms with van der Waals surface area (Å²) in [7, 11) is -31.2. The van der Waals surface area contributed by atoms with Crippen LogP contribution in [0.5, 0.6) is 0 Å². The SMILES string of the molecule is NC1(N=Nc2ccc(C=Cc3ccc(N=NC4(N)C=CC5=CC(=S(=O)=O)C=C(O)C5=C4)cc3S(=O)(=O)[O-])c(S(=O)(=O)[O-])c2)C=CC2=CC(=S(=O)=O)C=C(O)C2=C1.NC1(N=Nc2ccc(C=Cc3ccc(N=NC4(N)C=CC5=CC(=S(=O)=O)C=C(O)C5=C4)cc3S(=O)(=O)[O-])c(S(=O)(=O)[O-])c2)C=CC2=CC(=S(=O)=O)C=C(O)C2=C1.[Na+].[Na+].[Na+].[Na+]. The van der Waals surface area contributed by atoms with Crippen LogP contribution >= 0.6 is 0 Å². The molecule has 0 fully saturated rings. The standard InChI is InChI=1S/2C34H26N6O12S4.4Na/c2*35-33(9-7-21-11-25(53(43)44)15-29(41)27(21)17-33)39-37-23-5-3-19(31(13-23)55(47,48)49)1-2-20-4-6-24(14-32(20)56(50,51)52)38-40-34(36)10-8-22-12-26(54(45)46)16-30(42)28(22)18-34;;;;/h2*1-18,41-42H,35-36H2,(H,47,48,49)(H,50,51,52);;;;/q;;4*+1/p-4. The van der Waals surface area contributed by atoms with Gasteiger partial charge in [-0.25, -0.2) is 33.7 Å². The summed E-state index contributed by atoms with van der Waals surface area (Å²) in [5.74, 6) is -1.59. The fourth-order valence-electron chi connectivity index (χ4n) is 11.1. The van der Waals surface area contributed by atoms with Crippen LogP contribution in [0.4, 0.5) is 22.7 Å². The third kappa shape index (κ3) is 22.9. The number of azo groups is 4. The molecule has 0 aliphatic heterocycles. The van der Waals surface area contributed by atoms with Gasteiger partial charge in [-0.1, -0.05) is 72.9 Å². The van der Waals surface area contributed by atoms with Crippen LogP contribution in [0.25, 0.3) is 24.3 Å². The van der Waals surface area contributed by atoms with E-state index in [1.165, 1.54) is 146 Å². The van der Waals surface area contributed by atoms with E-state index >= 15 is 0 Å². The largest absolute Gasteiger partial charge is 1.00 e. The summed E-state index contributed by atoms with van der Waals surface area (Å²) in [4.78, 5) is -3.79. The Balaban J connectivity index is 0.000000310. The molecule has 0 heterocycles. The number of hydrogen-bond donors (Lipinski definition) is 8. The van der Waals surface area contributed by atoms with Gasteiger partial charge in [0.05, 0.1) is 61.8 Å². The van der Waals surface area contributed by atoms with Crippen LogP contribution in [0.15, 0.2) is 322 Å². The van der Waals surface area contributed by atoms with Crippen molar-refractivity contribution in [1.82, 2.24) is 0 Å². The number of nitrogens with zero attached hydrogens (tertiary/aromatic N) is 8. The Bertz CT molecular complexity index is 6040. The smallest absolute Gasteiger partial charge is 0.744 e. The normalized spacial score (nSPS) is 21.5. The molecule has 0 radical (unpaired) electrons. The maximum absolute atomic E-state index is 12.3. The number of aliphatic hydroxyl groups is 4. The van der Waals surface area contributed by atoms with Gasteiger partial charge in [-0.05, 0) is 166 Å². The van der Waals surface area contributed by atoms with E-state index in [9.17, 15) is 106 Å². The third-order valence-electron chi connectivity index (χ3n) is 16.4. The molecule has 0 spiro atoms. The first-order valence-corrected chi connectivity index (χ1v) is 40.9. The van der Waals surface area contributed by atoms with Crippen molar-refractivity contribution in [3.63, 3.8) is 0 Å². The van der Waals surface area contributed by atoms with Crippen LogP contribution in [-0.4, -0.2) is 148 Å². The number of aliphatic hydroxyl groups excluding tert-OH is 4. The van der Waals surface area contributed by atoms with E-state index in [1.807, 2.05) is 0 Å². The van der Waals surface area contributed by atoms with E-state index in [-0.39, 0.29) is 205 Å². The van der Waals surface area contributed by atoms with Crippen LogP contribution in [0.1, 0.15) is 22.3 Å². The van der Waals surface area contributed by atoms with Gasteiger partial charge in [0.2, 0.25) is 41.2 Å². The number of hydrogen-bond acceptors (Lipinski definition) is 36. The molecule has 0 saturated carbocycles. The molecule has 12 rings (SSSR count). The zero-order valence-corrected chi connectivity index (χ0v) is 74.4. The van der Waals surface area contributed by atoms with E-state index in [0.29, 0.717) is 22.3 Å². The number of allylic oxidation sites excluding steroid dienone is 16. The van der Waals surface area contributed by atoms with Crippen molar-refractivity contribution in [2.45, 2.75) is 42.2 Å². The van der Waals surface area contributed by atoms with Gasteiger partial charge >= 0.3 is 118 Å². The summed E-state index contributed by atoms with van der Waals surface area (Å²) in [6.45, 7) is 0. The average Bonchev–Trinajstić information content (AvgIpc) is 0.793. The van der Waals surface area contributed by atoms with E-state index in [1.54, 1.807) is 0 Å². The minimum atomic E-state index is -5.18. The molecule has 8 aliphatic carbocycles. The molecule has 116 heavy (non-hydrogen) atoms. The zero-order chi connectivity index (χ0) is 81.6. The first kappa shape index (κ1) is 95.2. The Kier molecular flexibility index (Phi) is 30.5. The first-order valence-electron chi connectivity index (χ1n) is 30.9. The van der Waals surface area contributed by atoms with Gasteiger partial charge in [0, 0.05) is 46.6 Å². The Morgan fingerprint density at radius 1 is 0.310 bits per heavy atom. The molecule has 4 aromatic carbocycles. The molecular weight excluding hydrogens is 1720 g/mol. The fourth-order valence-corrected chi connectivity index (χ4v) is 15.5. The van der Waals surface area contributed by atoms with Crippen molar-refractivity contribution < 1.29 is 224 Å². The van der Waals surface area contributed by atoms with Crippen LogP contribution in [-0.2, 0) is 81.6 Å². The summed E-state index contributed by atoms with van der Waals surface area (Å²) in [6, 6.07) is 13.3. The minimum absolute atomic E-state index is 0. The Hall–Kier alpha value is -7.96.